The summed E-state index contributed by atoms with van der Waals surface area (Å²) in [5, 5.41) is 54.6. The van der Waals surface area contributed by atoms with Crippen LogP contribution < -0.4 is 5.32 Å². The summed E-state index contributed by atoms with van der Waals surface area (Å²) in [5.74, 6) is -0.186. The van der Waals surface area contributed by atoms with Crippen molar-refractivity contribution in [3.8, 4) is 0 Å². The van der Waals surface area contributed by atoms with Crippen LogP contribution in [0.25, 0.3) is 0 Å². The number of aliphatic hydroxyl groups is 5. The molecule has 1 rings (SSSR count). The van der Waals surface area contributed by atoms with E-state index in [1.165, 1.54) is 244 Å². The normalized spacial score (nSPS) is 19.2. The quantitative estimate of drug-likeness (QED) is 0.0261. The van der Waals surface area contributed by atoms with Gasteiger partial charge in [0.05, 0.1) is 25.4 Å². The first-order valence-electron chi connectivity index (χ1n) is 32.4. The smallest absolute Gasteiger partial charge is 0.220 e. The third-order valence-electron chi connectivity index (χ3n) is 15.4. The summed E-state index contributed by atoms with van der Waals surface area (Å²) >= 11 is 0. The van der Waals surface area contributed by atoms with Crippen LogP contribution in [-0.4, -0.2) is 87.5 Å². The van der Waals surface area contributed by atoms with E-state index in [1.54, 1.807) is 6.08 Å². The van der Waals surface area contributed by atoms with Gasteiger partial charge < -0.3 is 40.3 Å². The first kappa shape index (κ1) is 71.2. The van der Waals surface area contributed by atoms with Crippen LogP contribution in [0, 0.1) is 0 Å². The molecule has 1 fully saturated rings. The molecule has 9 heteroatoms. The number of carbonyl (C=O) groups is 1. The monoisotopic (exact) mass is 1060 g/mol. The average Bonchev–Trinajstić information content (AvgIpc) is 3.41. The lowest BCUT2D eigenvalue weighted by Gasteiger charge is -2.40. The number of hydrogen-bond acceptors (Lipinski definition) is 8. The van der Waals surface area contributed by atoms with Gasteiger partial charge in [0.1, 0.15) is 24.4 Å². The summed E-state index contributed by atoms with van der Waals surface area (Å²) in [6, 6.07) is -0.825. The maximum Gasteiger partial charge on any atom is 0.220 e. The Kier molecular flexibility index (Phi) is 52.6. The van der Waals surface area contributed by atoms with Crippen LogP contribution in [-0.2, 0) is 14.3 Å². The van der Waals surface area contributed by atoms with Gasteiger partial charge in [0.15, 0.2) is 6.29 Å². The van der Waals surface area contributed by atoms with Crippen molar-refractivity contribution in [1.29, 1.82) is 0 Å². The topological polar surface area (TPSA) is 149 Å². The van der Waals surface area contributed by atoms with E-state index in [1.807, 2.05) is 6.08 Å². The van der Waals surface area contributed by atoms with Gasteiger partial charge in [-0.1, -0.05) is 287 Å². The molecular weight excluding hydrogens is 935 g/mol. The predicted octanol–water partition coefficient (Wildman–Crippen LogP) is 16.9. The van der Waals surface area contributed by atoms with Crippen LogP contribution in [0.5, 0.6) is 0 Å². The largest absolute Gasteiger partial charge is 0.394 e. The van der Waals surface area contributed by atoms with Crippen molar-refractivity contribution in [3.63, 3.8) is 0 Å². The minimum Gasteiger partial charge on any atom is -0.394 e. The second kappa shape index (κ2) is 55.5. The van der Waals surface area contributed by atoms with Crippen LogP contribution in [0.2, 0.25) is 0 Å². The second-order valence-corrected chi connectivity index (χ2v) is 22.5. The van der Waals surface area contributed by atoms with Crippen LogP contribution >= 0.6 is 0 Å². The van der Waals surface area contributed by atoms with Gasteiger partial charge in [-0.05, 0) is 64.2 Å². The average molecular weight is 1060 g/mol. The van der Waals surface area contributed by atoms with Gasteiger partial charge in [-0.15, -0.1) is 0 Å². The summed E-state index contributed by atoms with van der Waals surface area (Å²) in [5.41, 5.74) is 0. The molecule has 9 nitrogen and oxygen atoms in total. The second-order valence-electron chi connectivity index (χ2n) is 22.5. The van der Waals surface area contributed by atoms with Gasteiger partial charge in [0.2, 0.25) is 5.91 Å². The molecule has 0 radical (unpaired) electrons. The van der Waals surface area contributed by atoms with E-state index in [-0.39, 0.29) is 12.5 Å². The van der Waals surface area contributed by atoms with Crippen molar-refractivity contribution < 1.29 is 39.8 Å². The number of hydrogen-bond donors (Lipinski definition) is 6. The number of rotatable bonds is 56. The van der Waals surface area contributed by atoms with Crippen molar-refractivity contribution in [2.24, 2.45) is 0 Å². The maximum absolute atomic E-state index is 13.1. The Labute approximate surface area is 463 Å². The zero-order valence-electron chi connectivity index (χ0n) is 49.1. The summed E-state index contributed by atoms with van der Waals surface area (Å²) < 4.78 is 11.3. The Morgan fingerprint density at radius 3 is 1.20 bits per heavy atom. The molecule has 1 heterocycles. The standard InChI is InChI=1S/C66H123NO8/c1-3-5-7-9-11-13-15-17-19-21-23-25-27-29-30-32-34-36-38-40-42-44-46-48-50-52-54-56-62(70)67-59(58-74-66-65(73)64(72)63(71)61(57-68)75-66)60(69)55-53-51-49-47-45-43-41-39-37-35-33-31-28-26-24-22-20-18-16-14-12-10-8-6-4-2/h23,25,29-30,45,47,53,55,59-61,63-66,68-69,71-73H,3-22,24,26-28,31-44,46,48-52,54,56-58H2,1-2H3,(H,67,70)/b25-23-,30-29-,47-45+,55-53+. The minimum atomic E-state index is -1.57. The zero-order chi connectivity index (χ0) is 54.3. The highest BCUT2D eigenvalue weighted by Gasteiger charge is 2.44. The summed E-state index contributed by atoms with van der Waals surface area (Å²) in [7, 11) is 0. The van der Waals surface area contributed by atoms with Crippen molar-refractivity contribution in [3.05, 3.63) is 48.6 Å². The Morgan fingerprint density at radius 1 is 0.453 bits per heavy atom. The molecule has 440 valence electrons. The molecule has 1 aliphatic heterocycles. The molecule has 7 atom stereocenters. The van der Waals surface area contributed by atoms with Gasteiger partial charge in [-0.3, -0.25) is 4.79 Å². The van der Waals surface area contributed by atoms with Gasteiger partial charge in [0.25, 0.3) is 0 Å². The number of allylic oxidation sites excluding steroid dienone is 7. The Bertz CT molecular complexity index is 1320. The lowest BCUT2D eigenvalue weighted by atomic mass is 9.99. The van der Waals surface area contributed by atoms with Crippen molar-refractivity contribution in [1.82, 2.24) is 5.32 Å². The number of aliphatic hydroxyl groups excluding tert-OH is 5. The van der Waals surface area contributed by atoms with Crippen molar-refractivity contribution in [2.75, 3.05) is 13.2 Å². The highest BCUT2D eigenvalue weighted by Crippen LogP contribution is 2.23. The Morgan fingerprint density at radius 2 is 0.800 bits per heavy atom. The van der Waals surface area contributed by atoms with E-state index in [0.717, 1.165) is 44.9 Å². The highest BCUT2D eigenvalue weighted by atomic mass is 16.7. The Balaban J connectivity index is 2.20. The van der Waals surface area contributed by atoms with Crippen LogP contribution in [0.1, 0.15) is 309 Å². The SMILES string of the molecule is CCCCCCCCCCC/C=C\C/C=C\CCCCCCCCCCCCCC(=O)NC(COC1OC(CO)C(O)C(O)C1O)C(O)/C=C/CC/C=C/CCCCCCCCCCCCCCCCCCCCC. The molecule has 0 aliphatic carbocycles. The molecule has 1 aliphatic rings. The van der Waals surface area contributed by atoms with Gasteiger partial charge in [-0.25, -0.2) is 0 Å². The van der Waals surface area contributed by atoms with Crippen molar-refractivity contribution in [2.45, 2.75) is 352 Å². The number of unbranched alkanes of at least 4 members (excludes halogenated alkanes) is 40. The predicted molar refractivity (Wildman–Crippen MR) is 318 cm³/mol. The van der Waals surface area contributed by atoms with E-state index in [0.29, 0.717) is 6.42 Å². The number of ether oxygens (including phenoxy) is 2. The molecule has 0 bridgehead atoms. The molecule has 0 spiro atoms. The van der Waals surface area contributed by atoms with Crippen molar-refractivity contribution >= 4 is 5.91 Å². The maximum atomic E-state index is 13.1. The van der Waals surface area contributed by atoms with E-state index in [4.69, 9.17) is 9.47 Å². The summed E-state index contributed by atoms with van der Waals surface area (Å²) in [4.78, 5) is 13.1. The Hall–Kier alpha value is -1.85. The third kappa shape index (κ3) is 44.7. The fraction of sp³-hybridized carbons (Fsp3) is 0.864. The highest BCUT2D eigenvalue weighted by molar-refractivity contribution is 5.76. The lowest BCUT2D eigenvalue weighted by molar-refractivity contribution is -0.302. The summed E-state index contributed by atoms with van der Waals surface area (Å²) in [6.45, 7) is 3.80. The van der Waals surface area contributed by atoms with Gasteiger partial charge in [0, 0.05) is 6.42 Å². The number of carbonyl (C=O) groups excluding carboxylic acids is 1. The molecule has 75 heavy (non-hydrogen) atoms. The number of nitrogens with one attached hydrogen (secondary N) is 1. The van der Waals surface area contributed by atoms with Crippen LogP contribution in [0.3, 0.4) is 0 Å². The van der Waals surface area contributed by atoms with E-state index in [2.05, 4.69) is 55.6 Å². The molecule has 1 amide bonds. The molecule has 6 N–H and O–H groups in total. The fourth-order valence-corrected chi connectivity index (χ4v) is 10.3. The lowest BCUT2D eigenvalue weighted by Crippen LogP contribution is -2.60. The van der Waals surface area contributed by atoms with E-state index >= 15 is 0 Å². The molecule has 0 aromatic rings. The molecule has 0 aromatic heterocycles. The first-order chi connectivity index (χ1) is 36.8. The summed E-state index contributed by atoms with van der Waals surface area (Å²) in [6.07, 6.45) is 67.7. The van der Waals surface area contributed by atoms with Crippen LogP contribution in [0.15, 0.2) is 48.6 Å². The number of amides is 1. The zero-order valence-corrected chi connectivity index (χ0v) is 49.1. The first-order valence-corrected chi connectivity index (χ1v) is 32.4. The molecule has 0 aromatic carbocycles. The molecular formula is C66H123NO8. The molecule has 1 saturated heterocycles. The van der Waals surface area contributed by atoms with E-state index < -0.39 is 49.5 Å². The van der Waals surface area contributed by atoms with Gasteiger partial charge >= 0.3 is 0 Å². The van der Waals surface area contributed by atoms with Gasteiger partial charge in [-0.2, -0.15) is 0 Å². The van der Waals surface area contributed by atoms with E-state index in [9.17, 15) is 30.3 Å². The fourth-order valence-electron chi connectivity index (χ4n) is 10.3. The minimum absolute atomic E-state index is 0.186. The van der Waals surface area contributed by atoms with Crippen LogP contribution in [0.4, 0.5) is 0 Å². The third-order valence-corrected chi connectivity index (χ3v) is 15.4. The molecule has 0 saturated carbocycles. The molecule has 7 unspecified atom stereocenters.